The second-order valence-electron chi connectivity index (χ2n) is 4.17. The van der Waals surface area contributed by atoms with Gasteiger partial charge in [0.15, 0.2) is 0 Å². The fourth-order valence-electron chi connectivity index (χ4n) is 1.73. The van der Waals surface area contributed by atoms with Crippen molar-refractivity contribution in [1.82, 2.24) is 5.32 Å². The zero-order valence-corrected chi connectivity index (χ0v) is 9.90. The number of ether oxygens (including phenoxy) is 2. The van der Waals surface area contributed by atoms with Crippen LogP contribution >= 0.6 is 0 Å². The first kappa shape index (κ1) is 11.7. The van der Waals surface area contributed by atoms with Crippen molar-refractivity contribution in [3.8, 4) is 17.6 Å². The maximum atomic E-state index is 8.87. The van der Waals surface area contributed by atoms with Gasteiger partial charge >= 0.3 is 0 Å². The SMILES string of the molecule is COc1cc(C#N)cc(OCCC2CNC2)c1. The molecule has 0 saturated carbocycles. The van der Waals surface area contributed by atoms with Gasteiger partial charge in [0.2, 0.25) is 0 Å². The average molecular weight is 232 g/mol. The maximum Gasteiger partial charge on any atom is 0.124 e. The third-order valence-electron chi connectivity index (χ3n) is 2.91. The Hall–Kier alpha value is -1.73. The molecule has 4 heteroatoms. The summed E-state index contributed by atoms with van der Waals surface area (Å²) in [4.78, 5) is 0. The highest BCUT2D eigenvalue weighted by atomic mass is 16.5. The second kappa shape index (κ2) is 5.55. The first-order valence-corrected chi connectivity index (χ1v) is 5.74. The molecule has 0 aliphatic carbocycles. The van der Waals surface area contributed by atoms with Crippen molar-refractivity contribution in [1.29, 1.82) is 5.26 Å². The van der Waals surface area contributed by atoms with Crippen LogP contribution in [0, 0.1) is 17.2 Å². The Bertz CT molecular complexity index is 422. The summed E-state index contributed by atoms with van der Waals surface area (Å²) in [6.07, 6.45) is 1.05. The van der Waals surface area contributed by atoms with Crippen LogP contribution < -0.4 is 14.8 Å². The van der Waals surface area contributed by atoms with Crippen LogP contribution in [-0.4, -0.2) is 26.8 Å². The van der Waals surface area contributed by atoms with Crippen molar-refractivity contribution >= 4 is 0 Å². The molecule has 2 rings (SSSR count). The van der Waals surface area contributed by atoms with Crippen molar-refractivity contribution in [3.63, 3.8) is 0 Å². The number of methoxy groups -OCH3 is 1. The molecule has 1 aromatic carbocycles. The van der Waals surface area contributed by atoms with E-state index in [9.17, 15) is 0 Å². The summed E-state index contributed by atoms with van der Waals surface area (Å²) in [5.41, 5.74) is 0.560. The van der Waals surface area contributed by atoms with Gasteiger partial charge < -0.3 is 14.8 Å². The van der Waals surface area contributed by atoms with Gasteiger partial charge in [-0.2, -0.15) is 5.26 Å². The molecule has 1 heterocycles. The van der Waals surface area contributed by atoms with Crippen molar-refractivity contribution in [2.45, 2.75) is 6.42 Å². The fraction of sp³-hybridized carbons (Fsp3) is 0.462. The van der Waals surface area contributed by atoms with Crippen LogP contribution in [0.15, 0.2) is 18.2 Å². The number of benzene rings is 1. The molecule has 4 nitrogen and oxygen atoms in total. The Morgan fingerprint density at radius 2 is 2.12 bits per heavy atom. The van der Waals surface area contributed by atoms with E-state index in [1.165, 1.54) is 0 Å². The normalized spacial score (nSPS) is 14.8. The second-order valence-corrected chi connectivity index (χ2v) is 4.17. The predicted molar refractivity (Wildman–Crippen MR) is 64.2 cm³/mol. The van der Waals surface area contributed by atoms with E-state index in [1.54, 1.807) is 25.3 Å². The van der Waals surface area contributed by atoms with Crippen LogP contribution in [0.3, 0.4) is 0 Å². The summed E-state index contributed by atoms with van der Waals surface area (Å²) in [5, 5.41) is 12.1. The van der Waals surface area contributed by atoms with Crippen LogP contribution in [0.1, 0.15) is 12.0 Å². The number of hydrogen-bond donors (Lipinski definition) is 1. The summed E-state index contributed by atoms with van der Waals surface area (Å²) in [6.45, 7) is 2.86. The Balaban J connectivity index is 1.92. The fourth-order valence-corrected chi connectivity index (χ4v) is 1.73. The summed E-state index contributed by atoms with van der Waals surface area (Å²) in [7, 11) is 1.58. The standard InChI is InChI=1S/C13H16N2O2/c1-16-12-4-11(7-14)5-13(6-12)17-3-2-10-8-15-9-10/h4-6,10,15H,2-3,8-9H2,1H3. The zero-order chi connectivity index (χ0) is 12.1. The summed E-state index contributed by atoms with van der Waals surface area (Å²) in [5.74, 6) is 2.09. The van der Waals surface area contributed by atoms with Gasteiger partial charge in [0.25, 0.3) is 0 Å². The number of nitrogens with zero attached hydrogens (tertiary/aromatic N) is 1. The van der Waals surface area contributed by atoms with E-state index in [0.29, 0.717) is 23.7 Å². The van der Waals surface area contributed by atoms with Gasteiger partial charge in [-0.05, 0) is 37.6 Å². The maximum absolute atomic E-state index is 8.87. The molecule has 0 unspecified atom stereocenters. The van der Waals surface area contributed by atoms with Gasteiger partial charge in [-0.15, -0.1) is 0 Å². The highest BCUT2D eigenvalue weighted by Gasteiger charge is 2.16. The van der Waals surface area contributed by atoms with Gasteiger partial charge in [0.1, 0.15) is 11.5 Å². The Morgan fingerprint density at radius 3 is 2.71 bits per heavy atom. The van der Waals surface area contributed by atoms with E-state index in [1.807, 2.05) is 0 Å². The Morgan fingerprint density at radius 1 is 1.35 bits per heavy atom. The molecule has 1 aliphatic rings. The average Bonchev–Trinajstić information content (AvgIpc) is 2.31. The number of rotatable bonds is 5. The minimum atomic E-state index is 0.560. The molecule has 1 saturated heterocycles. The van der Waals surface area contributed by atoms with Gasteiger partial charge in [0.05, 0.1) is 25.3 Å². The molecule has 0 atom stereocenters. The number of nitriles is 1. The zero-order valence-electron chi connectivity index (χ0n) is 9.90. The molecular formula is C13H16N2O2. The quantitative estimate of drug-likeness (QED) is 0.837. The molecule has 0 aromatic heterocycles. The van der Waals surface area contributed by atoms with Crippen LogP contribution in [0.25, 0.3) is 0 Å². The lowest BCUT2D eigenvalue weighted by Crippen LogP contribution is -2.42. The molecule has 0 amide bonds. The van der Waals surface area contributed by atoms with Crippen LogP contribution in [0.2, 0.25) is 0 Å². The van der Waals surface area contributed by atoms with E-state index in [4.69, 9.17) is 14.7 Å². The topological polar surface area (TPSA) is 54.3 Å². The van der Waals surface area contributed by atoms with Crippen LogP contribution in [0.4, 0.5) is 0 Å². The highest BCUT2D eigenvalue weighted by molar-refractivity contribution is 5.43. The molecular weight excluding hydrogens is 216 g/mol. The third kappa shape index (κ3) is 3.11. The van der Waals surface area contributed by atoms with Crippen LogP contribution in [-0.2, 0) is 0 Å². The molecule has 17 heavy (non-hydrogen) atoms. The number of hydrogen-bond acceptors (Lipinski definition) is 4. The molecule has 1 aromatic rings. The Labute approximate surface area is 101 Å². The molecule has 1 fully saturated rings. The lowest BCUT2D eigenvalue weighted by Gasteiger charge is -2.26. The molecule has 0 bridgehead atoms. The predicted octanol–water partition coefficient (Wildman–Crippen LogP) is 1.56. The first-order valence-electron chi connectivity index (χ1n) is 5.74. The van der Waals surface area contributed by atoms with Crippen molar-refractivity contribution in [3.05, 3.63) is 23.8 Å². The first-order chi connectivity index (χ1) is 8.31. The van der Waals surface area contributed by atoms with Gasteiger partial charge in [-0.25, -0.2) is 0 Å². The largest absolute Gasteiger partial charge is 0.497 e. The highest BCUT2D eigenvalue weighted by Crippen LogP contribution is 2.22. The summed E-state index contributed by atoms with van der Waals surface area (Å²) >= 11 is 0. The monoisotopic (exact) mass is 232 g/mol. The van der Waals surface area contributed by atoms with E-state index < -0.39 is 0 Å². The molecule has 0 radical (unpaired) electrons. The van der Waals surface area contributed by atoms with Crippen LogP contribution in [0.5, 0.6) is 11.5 Å². The van der Waals surface area contributed by atoms with Crippen molar-refractivity contribution in [2.24, 2.45) is 5.92 Å². The minimum Gasteiger partial charge on any atom is -0.497 e. The van der Waals surface area contributed by atoms with E-state index in [0.717, 1.165) is 25.4 Å². The van der Waals surface area contributed by atoms with E-state index in [-0.39, 0.29) is 0 Å². The summed E-state index contributed by atoms with van der Waals surface area (Å²) < 4.78 is 10.8. The van der Waals surface area contributed by atoms with Gasteiger partial charge in [-0.3, -0.25) is 0 Å². The summed E-state index contributed by atoms with van der Waals surface area (Å²) in [6, 6.07) is 7.33. The lowest BCUT2D eigenvalue weighted by atomic mass is 10.0. The van der Waals surface area contributed by atoms with Gasteiger partial charge in [-0.1, -0.05) is 0 Å². The number of nitrogens with one attached hydrogen (secondary N) is 1. The smallest absolute Gasteiger partial charge is 0.124 e. The third-order valence-corrected chi connectivity index (χ3v) is 2.91. The molecule has 90 valence electrons. The lowest BCUT2D eigenvalue weighted by molar-refractivity contribution is 0.238. The van der Waals surface area contributed by atoms with Crippen molar-refractivity contribution < 1.29 is 9.47 Å². The Kier molecular flexibility index (Phi) is 3.84. The van der Waals surface area contributed by atoms with Gasteiger partial charge in [0, 0.05) is 6.07 Å². The molecule has 1 N–H and O–H groups in total. The van der Waals surface area contributed by atoms with E-state index in [2.05, 4.69) is 11.4 Å². The van der Waals surface area contributed by atoms with Crippen molar-refractivity contribution in [2.75, 3.05) is 26.8 Å². The molecule has 1 aliphatic heterocycles. The minimum absolute atomic E-state index is 0.560. The van der Waals surface area contributed by atoms with E-state index >= 15 is 0 Å². The molecule has 0 spiro atoms.